The summed E-state index contributed by atoms with van der Waals surface area (Å²) in [7, 11) is 0. The maximum absolute atomic E-state index is 11.9. The van der Waals surface area contributed by atoms with Gasteiger partial charge in [-0.2, -0.15) is 0 Å². The van der Waals surface area contributed by atoms with Crippen LogP contribution in [0.25, 0.3) is 0 Å². The fourth-order valence-electron chi connectivity index (χ4n) is 7.32. The summed E-state index contributed by atoms with van der Waals surface area (Å²) in [4.78, 5) is 11.9. The molecule has 8 atom stereocenters. The Morgan fingerprint density at radius 1 is 1.26 bits per heavy atom. The third-order valence-corrected chi connectivity index (χ3v) is 8.24. The molecule has 4 aliphatic carbocycles. The topological polar surface area (TPSA) is 37.3 Å². The summed E-state index contributed by atoms with van der Waals surface area (Å²) in [5.41, 5.74) is 1.61. The van der Waals surface area contributed by atoms with Crippen LogP contribution in [0.2, 0.25) is 0 Å². The monoisotopic (exact) mass is 316 g/mol. The standard InChI is InChI=1S/C21H32O2/c1-4-13-9-14-10-15(22)5-6-16(14)19-12(2)11-21(3)17(20(13)19)7-8-18(21)23/h10,12-13,16-20,23H,4-9,11H2,1-3H3/t12?,13?,16-,17-,18?,19+,20-,21-/m0/s1. The van der Waals surface area contributed by atoms with Crippen LogP contribution in [0.3, 0.4) is 0 Å². The largest absolute Gasteiger partial charge is 0.393 e. The number of carbonyl (C=O) groups is 1. The summed E-state index contributed by atoms with van der Waals surface area (Å²) in [6.07, 6.45) is 9.50. The van der Waals surface area contributed by atoms with Gasteiger partial charge in [0.2, 0.25) is 0 Å². The molecule has 128 valence electrons. The van der Waals surface area contributed by atoms with E-state index in [0.717, 1.165) is 37.5 Å². The van der Waals surface area contributed by atoms with E-state index in [1.807, 2.05) is 6.08 Å². The number of aliphatic hydroxyl groups is 1. The minimum absolute atomic E-state index is 0.0988. The van der Waals surface area contributed by atoms with Crippen LogP contribution >= 0.6 is 0 Å². The molecule has 0 aromatic carbocycles. The Morgan fingerprint density at radius 2 is 2.04 bits per heavy atom. The van der Waals surface area contributed by atoms with Crippen molar-refractivity contribution in [1.29, 1.82) is 0 Å². The van der Waals surface area contributed by atoms with Crippen molar-refractivity contribution >= 4 is 5.78 Å². The first-order valence-corrected chi connectivity index (χ1v) is 9.87. The summed E-state index contributed by atoms with van der Waals surface area (Å²) in [6, 6.07) is 0. The molecule has 0 spiro atoms. The van der Waals surface area contributed by atoms with E-state index in [4.69, 9.17) is 0 Å². The second-order valence-corrected chi connectivity index (χ2v) is 9.24. The van der Waals surface area contributed by atoms with Crippen molar-refractivity contribution in [1.82, 2.24) is 0 Å². The molecule has 2 nitrogen and oxygen atoms in total. The Morgan fingerprint density at radius 3 is 2.78 bits per heavy atom. The summed E-state index contributed by atoms with van der Waals surface area (Å²) in [5.74, 6) is 4.60. The van der Waals surface area contributed by atoms with Crippen LogP contribution in [0.1, 0.15) is 65.7 Å². The lowest BCUT2D eigenvalue weighted by Crippen LogP contribution is -2.53. The second kappa shape index (κ2) is 5.44. The van der Waals surface area contributed by atoms with Crippen molar-refractivity contribution in [2.24, 2.45) is 40.9 Å². The van der Waals surface area contributed by atoms with Gasteiger partial charge in [0, 0.05) is 6.42 Å². The Kier molecular flexibility index (Phi) is 3.75. The van der Waals surface area contributed by atoms with E-state index < -0.39 is 0 Å². The molecule has 3 unspecified atom stereocenters. The molecule has 23 heavy (non-hydrogen) atoms. The van der Waals surface area contributed by atoms with Crippen LogP contribution < -0.4 is 0 Å². The summed E-state index contributed by atoms with van der Waals surface area (Å²) in [5, 5.41) is 10.7. The highest BCUT2D eigenvalue weighted by Gasteiger charge is 2.60. The molecule has 3 saturated carbocycles. The van der Waals surface area contributed by atoms with Crippen LogP contribution in [-0.2, 0) is 4.79 Å². The fourth-order valence-corrected chi connectivity index (χ4v) is 7.32. The van der Waals surface area contributed by atoms with E-state index >= 15 is 0 Å². The molecule has 1 N–H and O–H groups in total. The fraction of sp³-hybridized carbons (Fsp3) is 0.857. The van der Waals surface area contributed by atoms with Gasteiger partial charge in [-0.3, -0.25) is 4.79 Å². The lowest BCUT2D eigenvalue weighted by Gasteiger charge is -2.58. The molecule has 0 aromatic heterocycles. The van der Waals surface area contributed by atoms with E-state index in [0.29, 0.717) is 29.5 Å². The zero-order valence-corrected chi connectivity index (χ0v) is 14.9. The molecule has 4 aliphatic rings. The number of allylic oxidation sites excluding steroid dienone is 1. The maximum Gasteiger partial charge on any atom is 0.155 e. The molecule has 3 fully saturated rings. The molecule has 0 amide bonds. The Bertz CT molecular complexity index is 536. The van der Waals surface area contributed by atoms with Gasteiger partial charge in [0.15, 0.2) is 5.78 Å². The lowest BCUT2D eigenvalue weighted by atomic mass is 9.46. The number of fused-ring (bicyclic) bond motifs is 5. The van der Waals surface area contributed by atoms with Crippen molar-refractivity contribution in [3.8, 4) is 0 Å². The average molecular weight is 316 g/mol. The minimum atomic E-state index is -0.0988. The first-order chi connectivity index (χ1) is 11.0. The summed E-state index contributed by atoms with van der Waals surface area (Å²) in [6.45, 7) is 7.12. The number of carbonyl (C=O) groups excluding carboxylic acids is 1. The molecule has 0 saturated heterocycles. The smallest absolute Gasteiger partial charge is 0.155 e. The van der Waals surface area contributed by atoms with E-state index in [9.17, 15) is 9.90 Å². The van der Waals surface area contributed by atoms with Gasteiger partial charge >= 0.3 is 0 Å². The van der Waals surface area contributed by atoms with Crippen LogP contribution in [0.15, 0.2) is 11.6 Å². The molecule has 2 heteroatoms. The van der Waals surface area contributed by atoms with Gasteiger partial charge < -0.3 is 5.11 Å². The van der Waals surface area contributed by atoms with Gasteiger partial charge in [-0.05, 0) is 79.1 Å². The third kappa shape index (κ3) is 2.20. The molecule has 0 heterocycles. The number of hydrogen-bond acceptors (Lipinski definition) is 2. The first kappa shape index (κ1) is 15.9. The third-order valence-electron chi connectivity index (χ3n) is 8.24. The molecular weight excluding hydrogens is 284 g/mol. The molecular formula is C21H32O2. The molecule has 0 radical (unpaired) electrons. The maximum atomic E-state index is 11.9. The van der Waals surface area contributed by atoms with E-state index in [2.05, 4.69) is 20.8 Å². The Hall–Kier alpha value is -0.630. The molecule has 4 rings (SSSR count). The molecule has 0 aliphatic heterocycles. The van der Waals surface area contributed by atoms with Crippen molar-refractivity contribution in [3.05, 3.63) is 11.6 Å². The van der Waals surface area contributed by atoms with Gasteiger partial charge in [-0.1, -0.05) is 32.8 Å². The van der Waals surface area contributed by atoms with Gasteiger partial charge in [-0.25, -0.2) is 0 Å². The van der Waals surface area contributed by atoms with Crippen molar-refractivity contribution in [2.45, 2.75) is 71.8 Å². The van der Waals surface area contributed by atoms with Crippen LogP contribution in [0, 0.1) is 40.9 Å². The Balaban J connectivity index is 1.75. The quantitative estimate of drug-likeness (QED) is 0.780. The summed E-state index contributed by atoms with van der Waals surface area (Å²) >= 11 is 0. The normalized spacial score (nSPS) is 52.4. The minimum Gasteiger partial charge on any atom is -0.393 e. The average Bonchev–Trinajstić information content (AvgIpc) is 2.81. The first-order valence-electron chi connectivity index (χ1n) is 9.87. The number of aliphatic hydroxyl groups excluding tert-OH is 1. The number of hydrogen-bond donors (Lipinski definition) is 1. The molecule has 0 bridgehead atoms. The highest BCUT2D eigenvalue weighted by atomic mass is 16.3. The second-order valence-electron chi connectivity index (χ2n) is 9.24. The predicted octanol–water partition coefficient (Wildman–Crippen LogP) is 4.37. The van der Waals surface area contributed by atoms with Gasteiger partial charge in [0.25, 0.3) is 0 Å². The van der Waals surface area contributed by atoms with E-state index in [1.54, 1.807) is 0 Å². The zero-order valence-electron chi connectivity index (χ0n) is 14.9. The van der Waals surface area contributed by atoms with Crippen molar-refractivity contribution in [3.63, 3.8) is 0 Å². The van der Waals surface area contributed by atoms with Crippen LogP contribution in [0.5, 0.6) is 0 Å². The van der Waals surface area contributed by atoms with Gasteiger partial charge in [-0.15, -0.1) is 0 Å². The van der Waals surface area contributed by atoms with Crippen LogP contribution in [0.4, 0.5) is 0 Å². The van der Waals surface area contributed by atoms with Crippen molar-refractivity contribution < 1.29 is 9.90 Å². The van der Waals surface area contributed by atoms with Gasteiger partial charge in [0.1, 0.15) is 0 Å². The van der Waals surface area contributed by atoms with E-state index in [-0.39, 0.29) is 11.5 Å². The zero-order chi connectivity index (χ0) is 16.4. The number of ketones is 1. The highest BCUT2D eigenvalue weighted by molar-refractivity contribution is 5.91. The predicted molar refractivity (Wildman–Crippen MR) is 91.8 cm³/mol. The number of rotatable bonds is 1. The SMILES string of the molecule is CCC1CC2=CC(=O)CC[C@@H]2[C@H]2C(C)C[C@]3(C)C(O)CC[C@H]3[C@H]12. The highest BCUT2D eigenvalue weighted by Crippen LogP contribution is 2.65. The van der Waals surface area contributed by atoms with Crippen molar-refractivity contribution in [2.75, 3.05) is 0 Å². The molecule has 0 aromatic rings. The van der Waals surface area contributed by atoms with Gasteiger partial charge in [0.05, 0.1) is 6.10 Å². The van der Waals surface area contributed by atoms with E-state index in [1.165, 1.54) is 24.8 Å². The lowest BCUT2D eigenvalue weighted by molar-refractivity contribution is -0.119. The van der Waals surface area contributed by atoms with Crippen LogP contribution in [-0.4, -0.2) is 17.0 Å². The summed E-state index contributed by atoms with van der Waals surface area (Å²) < 4.78 is 0. The Labute approximate surface area is 140 Å².